The van der Waals surface area contributed by atoms with Crippen LogP contribution < -0.4 is 10.6 Å². The Morgan fingerprint density at radius 1 is 1.25 bits per heavy atom. The molecule has 3 aromatic rings. The molecule has 0 aliphatic heterocycles. The molecule has 3 N–H and O–H groups in total. The van der Waals surface area contributed by atoms with Crippen LogP contribution in [0.3, 0.4) is 0 Å². The maximum atomic E-state index is 11.1. The molecule has 7 nitrogen and oxygen atoms in total. The number of nitrogens with one attached hydrogen (secondary N) is 3. The summed E-state index contributed by atoms with van der Waals surface area (Å²) < 4.78 is 0. The number of aromatic nitrogens is 4. The fourth-order valence-electron chi connectivity index (χ4n) is 1.88. The van der Waals surface area contributed by atoms with E-state index in [1.54, 1.807) is 6.20 Å². The molecule has 0 radical (unpaired) electrons. The number of rotatable bonds is 3. The van der Waals surface area contributed by atoms with Gasteiger partial charge in [-0.2, -0.15) is 5.10 Å². The Morgan fingerprint density at radius 3 is 2.95 bits per heavy atom. The minimum Gasteiger partial charge on any atom is -0.339 e. The van der Waals surface area contributed by atoms with Gasteiger partial charge in [-0.05, 0) is 18.2 Å². The van der Waals surface area contributed by atoms with Crippen LogP contribution in [0.2, 0.25) is 0 Å². The van der Waals surface area contributed by atoms with Crippen molar-refractivity contribution in [3.8, 4) is 0 Å². The molecule has 3 rings (SSSR count). The summed E-state index contributed by atoms with van der Waals surface area (Å²) >= 11 is 0. The molecule has 0 saturated heterocycles. The van der Waals surface area contributed by atoms with Crippen molar-refractivity contribution in [1.82, 2.24) is 20.2 Å². The number of benzene rings is 1. The zero-order chi connectivity index (χ0) is 13.9. The molecule has 0 aliphatic carbocycles. The van der Waals surface area contributed by atoms with E-state index in [-0.39, 0.29) is 5.91 Å². The molecule has 2 aromatic heterocycles. The van der Waals surface area contributed by atoms with Crippen molar-refractivity contribution in [3.05, 3.63) is 36.8 Å². The minimum absolute atomic E-state index is 0.110. The molecule has 2 heterocycles. The van der Waals surface area contributed by atoms with E-state index in [9.17, 15) is 4.79 Å². The fraction of sp³-hybridized carbons (Fsp3) is 0.0769. The van der Waals surface area contributed by atoms with Gasteiger partial charge in [0.05, 0.1) is 11.6 Å². The Balaban J connectivity index is 1.91. The molecule has 0 fully saturated rings. The number of carbonyl (C=O) groups is 1. The molecule has 100 valence electrons. The molecule has 0 saturated carbocycles. The van der Waals surface area contributed by atoms with Crippen molar-refractivity contribution in [3.63, 3.8) is 0 Å². The lowest BCUT2D eigenvalue weighted by atomic mass is 10.2. The van der Waals surface area contributed by atoms with Crippen molar-refractivity contribution in [2.24, 2.45) is 0 Å². The van der Waals surface area contributed by atoms with Crippen LogP contribution in [0.5, 0.6) is 0 Å². The maximum absolute atomic E-state index is 11.1. The number of carbonyl (C=O) groups excluding carboxylic acids is 1. The molecule has 0 unspecified atom stereocenters. The summed E-state index contributed by atoms with van der Waals surface area (Å²) in [5, 5.41) is 13.4. The third kappa shape index (κ3) is 2.41. The highest BCUT2D eigenvalue weighted by atomic mass is 16.1. The number of fused-ring (bicyclic) bond motifs is 1. The summed E-state index contributed by atoms with van der Waals surface area (Å²) in [6.07, 6.45) is 3.12. The molecule has 7 heteroatoms. The zero-order valence-corrected chi connectivity index (χ0v) is 10.7. The summed E-state index contributed by atoms with van der Waals surface area (Å²) in [4.78, 5) is 19.3. The molecule has 1 amide bonds. The van der Waals surface area contributed by atoms with Crippen molar-refractivity contribution >= 4 is 34.1 Å². The largest absolute Gasteiger partial charge is 0.339 e. The molecule has 0 spiro atoms. The van der Waals surface area contributed by atoms with E-state index in [1.807, 2.05) is 24.3 Å². The Labute approximate surface area is 114 Å². The predicted octanol–water partition coefficient (Wildman–Crippen LogP) is 2.05. The molecule has 20 heavy (non-hydrogen) atoms. The van der Waals surface area contributed by atoms with Gasteiger partial charge < -0.3 is 10.6 Å². The highest BCUT2D eigenvalue weighted by Gasteiger charge is 2.06. The minimum atomic E-state index is -0.110. The molecule has 1 aromatic carbocycles. The number of amides is 1. The second-order valence-electron chi connectivity index (χ2n) is 4.24. The van der Waals surface area contributed by atoms with E-state index in [4.69, 9.17) is 0 Å². The quantitative estimate of drug-likeness (QED) is 0.675. The first-order chi connectivity index (χ1) is 9.72. The van der Waals surface area contributed by atoms with Gasteiger partial charge in [-0.3, -0.25) is 9.89 Å². The first-order valence-electron chi connectivity index (χ1n) is 6.01. The number of aromatic amines is 1. The van der Waals surface area contributed by atoms with Crippen molar-refractivity contribution in [2.45, 2.75) is 6.92 Å². The maximum Gasteiger partial charge on any atom is 0.221 e. The van der Waals surface area contributed by atoms with Crippen LogP contribution in [0.15, 0.2) is 36.8 Å². The predicted molar refractivity (Wildman–Crippen MR) is 75.7 cm³/mol. The van der Waals surface area contributed by atoms with Gasteiger partial charge in [0.2, 0.25) is 5.91 Å². The molecule has 0 aliphatic rings. The van der Waals surface area contributed by atoms with Crippen molar-refractivity contribution < 1.29 is 4.79 Å². The summed E-state index contributed by atoms with van der Waals surface area (Å²) in [5.74, 6) is 0.546. The SMILES string of the molecule is CC(=O)Nc1cccc(Nc2ncnc3[nH]ncc23)c1. The Morgan fingerprint density at radius 2 is 2.10 bits per heavy atom. The number of hydrogen-bond acceptors (Lipinski definition) is 5. The third-order valence-corrected chi connectivity index (χ3v) is 2.69. The number of anilines is 3. The van der Waals surface area contributed by atoms with E-state index >= 15 is 0 Å². The van der Waals surface area contributed by atoms with Crippen LogP contribution >= 0.6 is 0 Å². The number of nitrogens with zero attached hydrogens (tertiary/aromatic N) is 3. The van der Waals surface area contributed by atoms with Crippen LogP contribution in [0.4, 0.5) is 17.2 Å². The van der Waals surface area contributed by atoms with Crippen LogP contribution in [0.25, 0.3) is 11.0 Å². The van der Waals surface area contributed by atoms with Crippen LogP contribution in [-0.4, -0.2) is 26.1 Å². The summed E-state index contributed by atoms with van der Waals surface area (Å²) in [6.45, 7) is 1.47. The first-order valence-corrected chi connectivity index (χ1v) is 6.01. The van der Waals surface area contributed by atoms with Crippen LogP contribution in [0, 0.1) is 0 Å². The lowest BCUT2D eigenvalue weighted by molar-refractivity contribution is -0.114. The van der Waals surface area contributed by atoms with Gasteiger partial charge in [-0.25, -0.2) is 9.97 Å². The highest BCUT2D eigenvalue weighted by molar-refractivity contribution is 5.90. The van der Waals surface area contributed by atoms with Gasteiger partial charge in [-0.15, -0.1) is 0 Å². The van der Waals surface area contributed by atoms with E-state index in [1.165, 1.54) is 13.3 Å². The second-order valence-corrected chi connectivity index (χ2v) is 4.24. The van der Waals surface area contributed by atoms with E-state index in [0.717, 1.165) is 16.8 Å². The van der Waals surface area contributed by atoms with E-state index < -0.39 is 0 Å². The zero-order valence-electron chi connectivity index (χ0n) is 10.7. The van der Waals surface area contributed by atoms with Crippen LogP contribution in [-0.2, 0) is 4.79 Å². The lowest BCUT2D eigenvalue weighted by Gasteiger charge is -2.08. The highest BCUT2D eigenvalue weighted by Crippen LogP contribution is 2.23. The average molecular weight is 268 g/mol. The molecular weight excluding hydrogens is 256 g/mol. The standard InChI is InChI=1S/C13H12N6O/c1-8(20)17-9-3-2-4-10(5-9)18-12-11-6-16-19-13(11)15-7-14-12/h2-7H,1H3,(H,17,20)(H2,14,15,16,18,19). The Hall–Kier alpha value is -2.96. The smallest absolute Gasteiger partial charge is 0.221 e. The topological polar surface area (TPSA) is 95.6 Å². The summed E-state index contributed by atoms with van der Waals surface area (Å²) in [6, 6.07) is 7.39. The Kier molecular flexibility index (Phi) is 3.00. The second kappa shape index (κ2) is 4.96. The average Bonchev–Trinajstić information content (AvgIpc) is 2.88. The monoisotopic (exact) mass is 268 g/mol. The van der Waals surface area contributed by atoms with E-state index in [2.05, 4.69) is 30.8 Å². The fourth-order valence-corrected chi connectivity index (χ4v) is 1.88. The molecule has 0 bridgehead atoms. The van der Waals surface area contributed by atoms with Crippen molar-refractivity contribution in [2.75, 3.05) is 10.6 Å². The summed E-state index contributed by atoms with van der Waals surface area (Å²) in [5.41, 5.74) is 2.21. The van der Waals surface area contributed by atoms with Gasteiger partial charge in [0.1, 0.15) is 12.1 Å². The van der Waals surface area contributed by atoms with Gasteiger partial charge in [0, 0.05) is 18.3 Å². The van der Waals surface area contributed by atoms with E-state index in [0.29, 0.717) is 11.5 Å². The normalized spacial score (nSPS) is 10.4. The lowest BCUT2D eigenvalue weighted by Crippen LogP contribution is -2.05. The summed E-state index contributed by atoms with van der Waals surface area (Å²) in [7, 11) is 0. The van der Waals surface area contributed by atoms with Gasteiger partial charge in [0.15, 0.2) is 5.65 Å². The Bertz CT molecular complexity index is 766. The van der Waals surface area contributed by atoms with Crippen LogP contribution in [0.1, 0.15) is 6.92 Å². The molecule has 0 atom stereocenters. The first kappa shape index (κ1) is 12.1. The van der Waals surface area contributed by atoms with Gasteiger partial charge in [-0.1, -0.05) is 6.07 Å². The van der Waals surface area contributed by atoms with Gasteiger partial charge in [0.25, 0.3) is 0 Å². The third-order valence-electron chi connectivity index (χ3n) is 2.69. The van der Waals surface area contributed by atoms with Crippen molar-refractivity contribution in [1.29, 1.82) is 0 Å². The number of hydrogen-bond donors (Lipinski definition) is 3. The number of H-pyrrole nitrogens is 1. The van der Waals surface area contributed by atoms with Gasteiger partial charge >= 0.3 is 0 Å². The molecular formula is C13H12N6O.